The van der Waals surface area contributed by atoms with Crippen molar-refractivity contribution in [2.45, 2.75) is 24.4 Å². The molecule has 0 aliphatic carbocycles. The molecule has 0 saturated heterocycles. The van der Waals surface area contributed by atoms with E-state index in [0.717, 1.165) is 0 Å². The van der Waals surface area contributed by atoms with Gasteiger partial charge < -0.3 is 25.2 Å². The predicted molar refractivity (Wildman–Crippen MR) is 45.9 cm³/mol. The maximum atomic E-state index is 10.1. The molecule has 0 saturated carbocycles. The van der Waals surface area contributed by atoms with E-state index in [1.54, 1.807) is 0 Å². The average Bonchev–Trinajstić information content (AvgIpc) is 2.22. The zero-order valence-electron chi connectivity index (χ0n) is 7.50. The van der Waals surface area contributed by atoms with Crippen molar-refractivity contribution in [3.63, 3.8) is 0 Å². The Morgan fingerprint density at radius 1 is 1.20 bits per heavy atom. The Labute approximate surface area is 85.7 Å². The van der Waals surface area contributed by atoms with Gasteiger partial charge in [-0.05, 0) is 0 Å². The number of hydrogen-bond acceptors (Lipinski definition) is 7. The lowest BCUT2D eigenvalue weighted by Crippen LogP contribution is -2.46. The molecule has 8 nitrogen and oxygen atoms in total. The Hall–Kier alpha value is -0.470. The van der Waals surface area contributed by atoms with Crippen LogP contribution in [-0.2, 0) is 13.9 Å². The number of aliphatic hydroxyl groups is 4. The molecular formula is C6H12O8P+. The fraction of sp³-hybridized carbons (Fsp3) is 0.833. The molecule has 0 aromatic rings. The molecule has 0 bridgehead atoms. The molecule has 0 aliphatic rings. The topological polar surface area (TPSA) is 145 Å². The summed E-state index contributed by atoms with van der Waals surface area (Å²) in [5.41, 5.74) is 0. The minimum absolute atomic E-state index is 0.0198. The zero-order chi connectivity index (χ0) is 12.0. The molecule has 5 atom stereocenters. The van der Waals surface area contributed by atoms with E-state index in [1.165, 1.54) is 0 Å². The van der Waals surface area contributed by atoms with Gasteiger partial charge in [-0.15, -0.1) is 9.42 Å². The summed E-state index contributed by atoms with van der Waals surface area (Å²) in [4.78, 5) is 18.2. The molecule has 0 radical (unpaired) electrons. The number of carbonyl (C=O) groups is 1. The Bertz CT molecular complexity index is 221. The smallest absolute Gasteiger partial charge is 0.388 e. The molecule has 0 spiro atoms. The molecule has 9 heteroatoms. The first kappa shape index (κ1) is 14.5. The highest BCUT2D eigenvalue weighted by atomic mass is 31.1. The minimum atomic E-state index is -2.93. The molecule has 88 valence electrons. The van der Waals surface area contributed by atoms with Gasteiger partial charge in [-0.25, -0.2) is 0 Å². The van der Waals surface area contributed by atoms with Crippen molar-refractivity contribution in [2.24, 2.45) is 0 Å². The first-order valence-corrected chi connectivity index (χ1v) is 4.99. The van der Waals surface area contributed by atoms with Crippen LogP contribution in [0.5, 0.6) is 0 Å². The van der Waals surface area contributed by atoms with E-state index in [-0.39, 0.29) is 6.29 Å². The second kappa shape index (κ2) is 6.91. The molecule has 15 heavy (non-hydrogen) atoms. The predicted octanol–water partition coefficient (Wildman–Crippen LogP) is -2.70. The molecule has 0 heterocycles. The maximum Gasteiger partial charge on any atom is 0.694 e. The summed E-state index contributed by atoms with van der Waals surface area (Å²) < 4.78 is 14.1. The molecule has 5 unspecified atom stereocenters. The van der Waals surface area contributed by atoms with E-state index >= 15 is 0 Å². The van der Waals surface area contributed by atoms with Gasteiger partial charge in [0.05, 0.1) is 0 Å². The van der Waals surface area contributed by atoms with Crippen LogP contribution in [0.3, 0.4) is 0 Å². The van der Waals surface area contributed by atoms with Crippen LogP contribution in [0.2, 0.25) is 0 Å². The van der Waals surface area contributed by atoms with Crippen LogP contribution in [0.15, 0.2) is 0 Å². The fourth-order valence-corrected chi connectivity index (χ4v) is 1.03. The molecule has 0 aromatic heterocycles. The van der Waals surface area contributed by atoms with Gasteiger partial charge in [0.1, 0.15) is 31.0 Å². The van der Waals surface area contributed by atoms with Gasteiger partial charge in [0.25, 0.3) is 0 Å². The van der Waals surface area contributed by atoms with Crippen LogP contribution in [0.1, 0.15) is 0 Å². The Morgan fingerprint density at radius 3 is 2.13 bits per heavy atom. The number of rotatable bonds is 7. The van der Waals surface area contributed by atoms with Gasteiger partial charge in [0, 0.05) is 4.57 Å². The van der Waals surface area contributed by atoms with Gasteiger partial charge in [-0.2, -0.15) is 0 Å². The number of aldehydes is 1. The van der Waals surface area contributed by atoms with Crippen molar-refractivity contribution in [2.75, 3.05) is 6.61 Å². The SMILES string of the molecule is O=CC(O)C(O)C(O)C(O)CO[P+](=O)O. The third kappa shape index (κ3) is 5.24. The third-order valence-electron chi connectivity index (χ3n) is 1.59. The summed E-state index contributed by atoms with van der Waals surface area (Å²) in [6.45, 7) is -0.713. The van der Waals surface area contributed by atoms with Crippen LogP contribution >= 0.6 is 8.25 Å². The molecule has 0 aromatic carbocycles. The van der Waals surface area contributed by atoms with Crippen molar-refractivity contribution in [1.82, 2.24) is 0 Å². The van der Waals surface area contributed by atoms with Crippen molar-refractivity contribution >= 4 is 14.5 Å². The van der Waals surface area contributed by atoms with Crippen LogP contribution in [0, 0.1) is 0 Å². The number of hydrogen-bond donors (Lipinski definition) is 5. The van der Waals surface area contributed by atoms with Crippen molar-refractivity contribution in [3.05, 3.63) is 0 Å². The summed E-state index contributed by atoms with van der Waals surface area (Å²) in [5.74, 6) is 0. The monoisotopic (exact) mass is 243 g/mol. The molecular weight excluding hydrogens is 231 g/mol. The molecule has 0 aliphatic heterocycles. The Balaban J connectivity index is 4.11. The van der Waals surface area contributed by atoms with E-state index in [1.807, 2.05) is 0 Å². The lowest BCUT2D eigenvalue weighted by molar-refractivity contribution is -0.135. The van der Waals surface area contributed by atoms with Crippen LogP contribution < -0.4 is 0 Å². The first-order valence-electron chi connectivity index (χ1n) is 3.86. The maximum absolute atomic E-state index is 10.1. The van der Waals surface area contributed by atoms with Gasteiger partial charge in [-0.1, -0.05) is 0 Å². The second-order valence-electron chi connectivity index (χ2n) is 2.71. The Morgan fingerprint density at radius 2 is 1.73 bits per heavy atom. The zero-order valence-corrected chi connectivity index (χ0v) is 8.40. The van der Waals surface area contributed by atoms with Gasteiger partial charge in [0.15, 0.2) is 6.29 Å². The number of aliphatic hydroxyl groups excluding tert-OH is 4. The van der Waals surface area contributed by atoms with Crippen LogP contribution in [0.4, 0.5) is 0 Å². The summed E-state index contributed by atoms with van der Waals surface area (Å²) >= 11 is 0. The highest BCUT2D eigenvalue weighted by molar-refractivity contribution is 7.32. The van der Waals surface area contributed by atoms with Crippen molar-refractivity contribution in [3.8, 4) is 0 Å². The molecule has 0 rings (SSSR count). The Kier molecular flexibility index (Phi) is 6.70. The summed E-state index contributed by atoms with van der Waals surface area (Å²) in [6.07, 6.45) is -7.32. The van der Waals surface area contributed by atoms with Gasteiger partial charge in [-0.3, -0.25) is 0 Å². The van der Waals surface area contributed by atoms with Crippen LogP contribution in [0.25, 0.3) is 0 Å². The summed E-state index contributed by atoms with van der Waals surface area (Å²) in [5, 5.41) is 36.0. The van der Waals surface area contributed by atoms with E-state index in [0.29, 0.717) is 0 Å². The van der Waals surface area contributed by atoms with E-state index in [9.17, 15) is 9.36 Å². The highest BCUT2D eigenvalue weighted by Crippen LogP contribution is 2.16. The number of carbonyl (C=O) groups excluding carboxylic acids is 1. The standard InChI is InChI=1S/C6H11O8P/c7-1-3(8)5(10)6(11)4(9)2-14-15(12)13/h1,3-6,8-11H,2H2/p+1. The highest BCUT2D eigenvalue weighted by Gasteiger charge is 2.32. The molecule has 5 N–H and O–H groups in total. The van der Waals surface area contributed by atoms with Gasteiger partial charge in [0.2, 0.25) is 0 Å². The normalized spacial score (nSPS) is 20.2. The van der Waals surface area contributed by atoms with Crippen LogP contribution in [-0.4, -0.2) is 62.6 Å². The van der Waals surface area contributed by atoms with Crippen molar-refractivity contribution in [1.29, 1.82) is 0 Å². The van der Waals surface area contributed by atoms with E-state index < -0.39 is 39.3 Å². The minimum Gasteiger partial charge on any atom is -0.388 e. The van der Waals surface area contributed by atoms with E-state index in [2.05, 4.69) is 4.52 Å². The summed E-state index contributed by atoms with van der Waals surface area (Å²) in [7, 11) is -2.93. The van der Waals surface area contributed by atoms with E-state index in [4.69, 9.17) is 25.3 Å². The largest absolute Gasteiger partial charge is 0.694 e. The molecule has 0 amide bonds. The summed E-state index contributed by atoms with van der Waals surface area (Å²) in [6, 6.07) is 0. The lowest BCUT2D eigenvalue weighted by Gasteiger charge is -2.22. The van der Waals surface area contributed by atoms with Crippen molar-refractivity contribution < 1.29 is 39.2 Å². The molecule has 0 fully saturated rings. The quantitative estimate of drug-likeness (QED) is 0.240. The lowest BCUT2D eigenvalue weighted by atomic mass is 10.0. The third-order valence-corrected chi connectivity index (χ3v) is 1.96. The first-order chi connectivity index (χ1) is 6.90. The fourth-order valence-electron chi connectivity index (χ4n) is 0.749. The average molecular weight is 243 g/mol. The second-order valence-corrected chi connectivity index (χ2v) is 3.44. The van der Waals surface area contributed by atoms with Gasteiger partial charge >= 0.3 is 8.25 Å².